The predicted octanol–water partition coefficient (Wildman–Crippen LogP) is 3.37. The average molecular weight is 264 g/mol. The van der Waals surface area contributed by atoms with Crippen molar-refractivity contribution in [3.63, 3.8) is 0 Å². The van der Waals surface area contributed by atoms with Crippen LogP contribution in [0.25, 0.3) is 0 Å². The summed E-state index contributed by atoms with van der Waals surface area (Å²) >= 11 is 0. The van der Waals surface area contributed by atoms with E-state index in [0.29, 0.717) is 11.7 Å². The smallest absolute Gasteiger partial charge is 0.335 e. The molecule has 0 bridgehead atoms. The molecule has 0 aliphatic heterocycles. The minimum atomic E-state index is -0.944. The van der Waals surface area contributed by atoms with E-state index in [1.54, 1.807) is 6.07 Å². The summed E-state index contributed by atoms with van der Waals surface area (Å²) in [7, 11) is 0. The summed E-state index contributed by atoms with van der Waals surface area (Å²) in [6.45, 7) is 7.37. The van der Waals surface area contributed by atoms with Crippen molar-refractivity contribution < 1.29 is 9.90 Å². The lowest BCUT2D eigenvalue weighted by molar-refractivity contribution is 0.0697. The van der Waals surface area contributed by atoms with Gasteiger partial charge in [0.15, 0.2) is 0 Å². The van der Waals surface area contributed by atoms with Crippen LogP contribution in [0.4, 0.5) is 11.4 Å². The van der Waals surface area contributed by atoms with Crippen LogP contribution in [0.15, 0.2) is 18.2 Å². The van der Waals surface area contributed by atoms with E-state index in [4.69, 9.17) is 10.8 Å². The van der Waals surface area contributed by atoms with E-state index in [0.717, 1.165) is 18.7 Å². The van der Waals surface area contributed by atoms with Crippen molar-refractivity contribution in [3.05, 3.63) is 23.8 Å². The number of aromatic carboxylic acids is 1. The number of benzene rings is 1. The van der Waals surface area contributed by atoms with E-state index < -0.39 is 5.97 Å². The molecular weight excluding hydrogens is 240 g/mol. The monoisotopic (exact) mass is 264 g/mol. The Morgan fingerprint density at radius 3 is 2.53 bits per heavy atom. The second kappa shape index (κ2) is 7.02. The highest BCUT2D eigenvalue weighted by molar-refractivity contribution is 5.90. The molecule has 0 radical (unpaired) electrons. The number of carbonyl (C=O) groups is 1. The van der Waals surface area contributed by atoms with Crippen molar-refractivity contribution in [3.8, 4) is 0 Å². The van der Waals surface area contributed by atoms with Gasteiger partial charge in [-0.25, -0.2) is 4.79 Å². The first-order valence-electron chi connectivity index (χ1n) is 6.86. The minimum absolute atomic E-state index is 0.235. The summed E-state index contributed by atoms with van der Waals surface area (Å²) < 4.78 is 0. The highest BCUT2D eigenvalue weighted by Gasteiger charge is 2.14. The first-order chi connectivity index (χ1) is 8.97. The molecule has 0 amide bonds. The van der Waals surface area contributed by atoms with Crippen molar-refractivity contribution >= 4 is 17.3 Å². The Morgan fingerprint density at radius 2 is 2.05 bits per heavy atom. The Bertz CT molecular complexity index is 430. The molecule has 0 atom stereocenters. The van der Waals surface area contributed by atoms with Crippen molar-refractivity contribution in [2.24, 2.45) is 0 Å². The van der Waals surface area contributed by atoms with Gasteiger partial charge in [0.1, 0.15) is 0 Å². The zero-order valence-corrected chi connectivity index (χ0v) is 12.0. The number of carboxylic acid groups (broad SMARTS) is 1. The molecule has 0 heterocycles. The van der Waals surface area contributed by atoms with Crippen molar-refractivity contribution in [1.82, 2.24) is 0 Å². The summed E-state index contributed by atoms with van der Waals surface area (Å²) in [4.78, 5) is 13.1. The Labute approximate surface area is 115 Å². The second-order valence-electron chi connectivity index (χ2n) is 5.07. The predicted molar refractivity (Wildman–Crippen MR) is 79.8 cm³/mol. The Morgan fingerprint density at radius 1 is 1.37 bits per heavy atom. The van der Waals surface area contributed by atoms with Gasteiger partial charge in [-0.1, -0.05) is 19.8 Å². The van der Waals surface area contributed by atoms with Gasteiger partial charge in [0.25, 0.3) is 0 Å². The van der Waals surface area contributed by atoms with Crippen LogP contribution < -0.4 is 10.6 Å². The van der Waals surface area contributed by atoms with Crippen LogP contribution in [0, 0.1) is 0 Å². The van der Waals surface area contributed by atoms with Crippen LogP contribution in [0.5, 0.6) is 0 Å². The van der Waals surface area contributed by atoms with Crippen LogP contribution in [-0.2, 0) is 0 Å². The third kappa shape index (κ3) is 4.16. The molecule has 0 aliphatic rings. The molecule has 0 spiro atoms. The van der Waals surface area contributed by atoms with E-state index in [1.807, 2.05) is 6.07 Å². The normalized spacial score (nSPS) is 10.7. The number of nitrogens with zero attached hydrogens (tertiary/aromatic N) is 1. The molecule has 0 saturated carbocycles. The standard InChI is InChI=1S/C15H24N2O2/c1-4-5-6-9-17(11(2)3)14-8-7-12(15(18)19)10-13(14)16/h7-8,10-11H,4-6,9,16H2,1-3H3,(H,18,19). The van der Waals surface area contributed by atoms with Gasteiger partial charge in [0.2, 0.25) is 0 Å². The highest BCUT2D eigenvalue weighted by Crippen LogP contribution is 2.26. The molecule has 1 aromatic carbocycles. The molecule has 0 aliphatic carbocycles. The molecule has 0 aromatic heterocycles. The van der Waals surface area contributed by atoms with E-state index in [2.05, 4.69) is 25.7 Å². The fourth-order valence-corrected chi connectivity index (χ4v) is 2.14. The van der Waals surface area contributed by atoms with Crippen LogP contribution in [0.2, 0.25) is 0 Å². The van der Waals surface area contributed by atoms with Gasteiger partial charge in [0.05, 0.1) is 16.9 Å². The molecule has 0 fully saturated rings. The summed E-state index contributed by atoms with van der Waals surface area (Å²) in [6, 6.07) is 5.30. The number of carboxylic acids is 1. The third-order valence-corrected chi connectivity index (χ3v) is 3.21. The maximum absolute atomic E-state index is 10.9. The molecule has 4 nitrogen and oxygen atoms in total. The number of hydrogen-bond donors (Lipinski definition) is 2. The Hall–Kier alpha value is -1.71. The van der Waals surface area contributed by atoms with Crippen molar-refractivity contribution in [2.75, 3.05) is 17.2 Å². The number of anilines is 2. The van der Waals surface area contributed by atoms with Crippen LogP contribution in [-0.4, -0.2) is 23.7 Å². The van der Waals surface area contributed by atoms with E-state index in [9.17, 15) is 4.79 Å². The number of nitrogens with two attached hydrogens (primary N) is 1. The van der Waals surface area contributed by atoms with Gasteiger partial charge in [-0.2, -0.15) is 0 Å². The fourth-order valence-electron chi connectivity index (χ4n) is 2.14. The lowest BCUT2D eigenvalue weighted by Gasteiger charge is -2.30. The molecule has 0 unspecified atom stereocenters. The maximum atomic E-state index is 10.9. The largest absolute Gasteiger partial charge is 0.478 e. The third-order valence-electron chi connectivity index (χ3n) is 3.21. The maximum Gasteiger partial charge on any atom is 0.335 e. The molecule has 1 aromatic rings. The van der Waals surface area contributed by atoms with Gasteiger partial charge < -0.3 is 15.7 Å². The summed E-state index contributed by atoms with van der Waals surface area (Å²) in [5, 5.41) is 8.95. The molecule has 19 heavy (non-hydrogen) atoms. The molecule has 3 N–H and O–H groups in total. The Balaban J connectivity index is 2.93. The quantitative estimate of drug-likeness (QED) is 0.585. The topological polar surface area (TPSA) is 66.6 Å². The average Bonchev–Trinajstić information content (AvgIpc) is 2.35. The Kier molecular flexibility index (Phi) is 5.67. The number of rotatable bonds is 7. The zero-order chi connectivity index (χ0) is 14.4. The van der Waals surface area contributed by atoms with Gasteiger partial charge in [-0.15, -0.1) is 0 Å². The highest BCUT2D eigenvalue weighted by atomic mass is 16.4. The van der Waals surface area contributed by atoms with Crippen LogP contribution >= 0.6 is 0 Å². The molecular formula is C15H24N2O2. The lowest BCUT2D eigenvalue weighted by Crippen LogP contribution is -2.32. The zero-order valence-electron chi connectivity index (χ0n) is 12.0. The molecule has 1 rings (SSSR count). The van der Waals surface area contributed by atoms with E-state index in [1.165, 1.54) is 18.9 Å². The summed E-state index contributed by atoms with van der Waals surface area (Å²) in [5.74, 6) is -0.944. The number of hydrogen-bond acceptors (Lipinski definition) is 3. The van der Waals surface area contributed by atoms with Gasteiger partial charge in [-0.3, -0.25) is 0 Å². The fraction of sp³-hybridized carbons (Fsp3) is 0.533. The van der Waals surface area contributed by atoms with Gasteiger partial charge >= 0.3 is 5.97 Å². The van der Waals surface area contributed by atoms with Gasteiger partial charge in [-0.05, 0) is 38.5 Å². The first kappa shape index (κ1) is 15.3. The van der Waals surface area contributed by atoms with E-state index >= 15 is 0 Å². The molecule has 0 saturated heterocycles. The molecule has 106 valence electrons. The first-order valence-corrected chi connectivity index (χ1v) is 6.86. The number of nitrogen functional groups attached to an aromatic ring is 1. The number of unbranched alkanes of at least 4 members (excludes halogenated alkanes) is 2. The second-order valence-corrected chi connectivity index (χ2v) is 5.07. The summed E-state index contributed by atoms with van der Waals surface area (Å²) in [6.07, 6.45) is 3.49. The minimum Gasteiger partial charge on any atom is -0.478 e. The van der Waals surface area contributed by atoms with Crippen molar-refractivity contribution in [2.45, 2.75) is 46.1 Å². The van der Waals surface area contributed by atoms with Gasteiger partial charge in [0, 0.05) is 12.6 Å². The SMILES string of the molecule is CCCCCN(c1ccc(C(=O)O)cc1N)C(C)C. The summed E-state index contributed by atoms with van der Waals surface area (Å²) in [5.41, 5.74) is 7.69. The van der Waals surface area contributed by atoms with Crippen LogP contribution in [0.3, 0.4) is 0 Å². The lowest BCUT2D eigenvalue weighted by atomic mass is 10.1. The molecule has 4 heteroatoms. The van der Waals surface area contributed by atoms with Crippen LogP contribution in [0.1, 0.15) is 50.4 Å². The van der Waals surface area contributed by atoms with E-state index in [-0.39, 0.29) is 5.56 Å². The van der Waals surface area contributed by atoms with Crippen molar-refractivity contribution in [1.29, 1.82) is 0 Å².